The SMILES string of the molecule is CC(C)C(O)CCNCc1csc([N+](=O)[O-])c1. The Morgan fingerprint density at radius 1 is 1.59 bits per heavy atom. The molecule has 96 valence electrons. The van der Waals surface area contributed by atoms with Gasteiger partial charge in [0.1, 0.15) is 0 Å². The highest BCUT2D eigenvalue weighted by atomic mass is 32.1. The average Bonchev–Trinajstić information content (AvgIpc) is 2.72. The highest BCUT2D eigenvalue weighted by Gasteiger charge is 2.10. The smallest absolute Gasteiger partial charge is 0.324 e. The number of nitrogens with one attached hydrogen (secondary N) is 1. The summed E-state index contributed by atoms with van der Waals surface area (Å²) in [6, 6.07) is 1.58. The van der Waals surface area contributed by atoms with Crippen molar-refractivity contribution >= 4 is 16.3 Å². The maximum absolute atomic E-state index is 10.5. The molecule has 2 N–H and O–H groups in total. The van der Waals surface area contributed by atoms with Crippen LogP contribution in [0.2, 0.25) is 0 Å². The van der Waals surface area contributed by atoms with Crippen molar-refractivity contribution < 1.29 is 10.0 Å². The molecule has 17 heavy (non-hydrogen) atoms. The quantitative estimate of drug-likeness (QED) is 0.446. The van der Waals surface area contributed by atoms with Gasteiger partial charge in [-0.15, -0.1) is 0 Å². The van der Waals surface area contributed by atoms with Gasteiger partial charge >= 0.3 is 5.00 Å². The Kier molecular flexibility index (Phi) is 5.54. The molecule has 0 saturated carbocycles. The van der Waals surface area contributed by atoms with Crippen molar-refractivity contribution in [2.75, 3.05) is 6.54 Å². The van der Waals surface area contributed by atoms with E-state index in [-0.39, 0.29) is 21.9 Å². The fourth-order valence-corrected chi connectivity index (χ4v) is 2.10. The maximum atomic E-state index is 10.5. The molecule has 0 aliphatic carbocycles. The topological polar surface area (TPSA) is 75.4 Å². The van der Waals surface area contributed by atoms with E-state index in [2.05, 4.69) is 5.32 Å². The summed E-state index contributed by atoms with van der Waals surface area (Å²) in [5.74, 6) is 0.263. The van der Waals surface area contributed by atoms with E-state index in [0.29, 0.717) is 19.5 Å². The van der Waals surface area contributed by atoms with Crippen LogP contribution in [0.4, 0.5) is 5.00 Å². The molecule has 0 amide bonds. The molecule has 0 spiro atoms. The second-order valence-corrected chi connectivity index (χ2v) is 5.22. The number of aliphatic hydroxyl groups is 1. The molecule has 1 heterocycles. The molecule has 0 bridgehead atoms. The lowest BCUT2D eigenvalue weighted by Gasteiger charge is -2.14. The zero-order valence-corrected chi connectivity index (χ0v) is 10.9. The number of hydrogen-bond donors (Lipinski definition) is 2. The number of aliphatic hydroxyl groups excluding tert-OH is 1. The van der Waals surface area contributed by atoms with Crippen molar-refractivity contribution in [1.29, 1.82) is 0 Å². The van der Waals surface area contributed by atoms with E-state index in [1.807, 2.05) is 13.8 Å². The van der Waals surface area contributed by atoms with Crippen molar-refractivity contribution in [1.82, 2.24) is 5.32 Å². The fraction of sp³-hybridized carbons (Fsp3) is 0.636. The molecule has 0 aromatic carbocycles. The van der Waals surface area contributed by atoms with Gasteiger partial charge in [0.2, 0.25) is 0 Å². The molecule has 0 aliphatic rings. The van der Waals surface area contributed by atoms with Crippen LogP contribution in [0.1, 0.15) is 25.8 Å². The van der Waals surface area contributed by atoms with Crippen molar-refractivity contribution in [2.24, 2.45) is 5.92 Å². The number of rotatable bonds is 7. The van der Waals surface area contributed by atoms with Gasteiger partial charge in [-0.25, -0.2) is 0 Å². The predicted octanol–water partition coefficient (Wildman–Crippen LogP) is 2.15. The third-order valence-corrected chi connectivity index (χ3v) is 3.46. The first-order chi connectivity index (χ1) is 8.00. The second kappa shape index (κ2) is 6.68. The van der Waals surface area contributed by atoms with E-state index in [0.717, 1.165) is 16.9 Å². The lowest BCUT2D eigenvalue weighted by atomic mass is 10.0. The Bertz CT molecular complexity index is 365. The van der Waals surface area contributed by atoms with Crippen molar-refractivity contribution in [3.63, 3.8) is 0 Å². The first-order valence-electron chi connectivity index (χ1n) is 5.61. The second-order valence-electron chi connectivity index (χ2n) is 4.33. The van der Waals surface area contributed by atoms with Gasteiger partial charge in [-0.1, -0.05) is 25.2 Å². The zero-order valence-electron chi connectivity index (χ0n) is 10.0. The Morgan fingerprint density at radius 3 is 2.82 bits per heavy atom. The van der Waals surface area contributed by atoms with E-state index in [9.17, 15) is 15.2 Å². The molecule has 6 heteroatoms. The van der Waals surface area contributed by atoms with E-state index < -0.39 is 0 Å². The van der Waals surface area contributed by atoms with Gasteiger partial charge in [0.25, 0.3) is 0 Å². The minimum atomic E-state index is -0.378. The highest BCUT2D eigenvalue weighted by Crippen LogP contribution is 2.22. The molecule has 0 radical (unpaired) electrons. The predicted molar refractivity (Wildman–Crippen MR) is 68.1 cm³/mol. The monoisotopic (exact) mass is 258 g/mol. The minimum Gasteiger partial charge on any atom is -0.393 e. The summed E-state index contributed by atoms with van der Waals surface area (Å²) in [6.45, 7) is 5.28. The van der Waals surface area contributed by atoms with Crippen LogP contribution in [0.5, 0.6) is 0 Å². The van der Waals surface area contributed by atoms with E-state index in [4.69, 9.17) is 0 Å². The standard InChI is InChI=1S/C11H18N2O3S/c1-8(2)10(14)3-4-12-6-9-5-11(13(15)16)17-7-9/h5,7-8,10,12,14H,3-4,6H2,1-2H3. The Labute approximate surface area is 105 Å². The molecule has 0 aliphatic heterocycles. The molecule has 5 nitrogen and oxygen atoms in total. The van der Waals surface area contributed by atoms with Crippen LogP contribution in [0.15, 0.2) is 11.4 Å². The Balaban J connectivity index is 2.24. The normalized spacial score (nSPS) is 12.9. The summed E-state index contributed by atoms with van der Waals surface area (Å²) in [4.78, 5) is 10.1. The van der Waals surface area contributed by atoms with Crippen molar-refractivity contribution in [2.45, 2.75) is 32.9 Å². The summed E-state index contributed by atoms with van der Waals surface area (Å²) >= 11 is 1.14. The third kappa shape index (κ3) is 4.80. The molecule has 0 saturated heterocycles. The lowest BCUT2D eigenvalue weighted by molar-refractivity contribution is -0.380. The van der Waals surface area contributed by atoms with Crippen molar-refractivity contribution in [3.05, 3.63) is 27.1 Å². The summed E-state index contributed by atoms with van der Waals surface area (Å²) < 4.78 is 0. The fourth-order valence-electron chi connectivity index (χ4n) is 1.37. The summed E-state index contributed by atoms with van der Waals surface area (Å²) in [6.07, 6.45) is 0.406. The number of thiophene rings is 1. The molecular formula is C11H18N2O3S. The first-order valence-corrected chi connectivity index (χ1v) is 6.49. The molecule has 1 aromatic rings. The maximum Gasteiger partial charge on any atom is 0.324 e. The van der Waals surface area contributed by atoms with Gasteiger partial charge in [-0.05, 0) is 24.4 Å². The molecule has 1 aromatic heterocycles. The molecule has 1 rings (SSSR count). The minimum absolute atomic E-state index is 0.170. The summed E-state index contributed by atoms with van der Waals surface area (Å²) in [5.41, 5.74) is 0.917. The summed E-state index contributed by atoms with van der Waals surface area (Å²) in [5, 5.41) is 25.2. The van der Waals surface area contributed by atoms with Gasteiger partial charge in [0.15, 0.2) is 0 Å². The summed E-state index contributed by atoms with van der Waals surface area (Å²) in [7, 11) is 0. The first kappa shape index (κ1) is 14.1. The van der Waals surface area contributed by atoms with Gasteiger partial charge in [0.05, 0.1) is 11.0 Å². The van der Waals surface area contributed by atoms with Crippen LogP contribution < -0.4 is 5.32 Å². The highest BCUT2D eigenvalue weighted by molar-refractivity contribution is 7.13. The van der Waals surface area contributed by atoms with Crippen LogP contribution in [-0.4, -0.2) is 22.7 Å². The van der Waals surface area contributed by atoms with E-state index >= 15 is 0 Å². The zero-order chi connectivity index (χ0) is 12.8. The Morgan fingerprint density at radius 2 is 2.29 bits per heavy atom. The van der Waals surface area contributed by atoms with E-state index in [1.54, 1.807) is 11.4 Å². The van der Waals surface area contributed by atoms with E-state index in [1.165, 1.54) is 0 Å². The van der Waals surface area contributed by atoms with Crippen molar-refractivity contribution in [3.8, 4) is 0 Å². The third-order valence-electron chi connectivity index (χ3n) is 2.54. The number of nitro groups is 1. The lowest BCUT2D eigenvalue weighted by Crippen LogP contribution is -2.23. The number of nitrogens with zero attached hydrogens (tertiary/aromatic N) is 1. The van der Waals surface area contributed by atoms with Gasteiger partial charge in [0, 0.05) is 18.0 Å². The van der Waals surface area contributed by atoms with Crippen LogP contribution in [-0.2, 0) is 6.54 Å². The Hall–Kier alpha value is -0.980. The van der Waals surface area contributed by atoms with Crippen LogP contribution in [0.3, 0.4) is 0 Å². The molecular weight excluding hydrogens is 240 g/mol. The van der Waals surface area contributed by atoms with Gasteiger partial charge in [-0.3, -0.25) is 10.1 Å². The van der Waals surface area contributed by atoms with Crippen LogP contribution in [0, 0.1) is 16.0 Å². The average molecular weight is 258 g/mol. The number of hydrogen-bond acceptors (Lipinski definition) is 5. The molecule has 1 atom stereocenters. The van der Waals surface area contributed by atoms with Crippen LogP contribution in [0.25, 0.3) is 0 Å². The van der Waals surface area contributed by atoms with Gasteiger partial charge in [-0.2, -0.15) is 0 Å². The molecule has 1 unspecified atom stereocenters. The van der Waals surface area contributed by atoms with Gasteiger partial charge < -0.3 is 10.4 Å². The molecule has 0 fully saturated rings. The van der Waals surface area contributed by atoms with Crippen LogP contribution >= 0.6 is 11.3 Å². The largest absolute Gasteiger partial charge is 0.393 e.